The molecular formula is C26H30N4O7. The van der Waals surface area contributed by atoms with Crippen molar-refractivity contribution in [1.82, 2.24) is 10.2 Å². The van der Waals surface area contributed by atoms with Crippen LogP contribution in [-0.4, -0.2) is 67.0 Å². The van der Waals surface area contributed by atoms with Crippen molar-refractivity contribution >= 4 is 41.1 Å². The zero-order valence-electron chi connectivity index (χ0n) is 21.2. The van der Waals surface area contributed by atoms with Crippen molar-refractivity contribution in [1.29, 1.82) is 0 Å². The Labute approximate surface area is 214 Å². The molecule has 0 radical (unpaired) electrons. The van der Waals surface area contributed by atoms with Crippen molar-refractivity contribution in [3.8, 4) is 0 Å². The van der Waals surface area contributed by atoms with Gasteiger partial charge in [-0.05, 0) is 57.5 Å². The van der Waals surface area contributed by atoms with Crippen molar-refractivity contribution in [3.05, 3.63) is 59.2 Å². The third kappa shape index (κ3) is 7.14. The summed E-state index contributed by atoms with van der Waals surface area (Å²) >= 11 is 0. The fourth-order valence-corrected chi connectivity index (χ4v) is 3.56. The minimum absolute atomic E-state index is 0.157. The number of carbonyl (C=O) groups is 5. The molecule has 0 aromatic heterocycles. The van der Waals surface area contributed by atoms with Crippen LogP contribution in [0.2, 0.25) is 0 Å². The number of nitrogens with one attached hydrogen (secondary N) is 3. The molecule has 1 aliphatic rings. The number of carbonyl (C=O) groups excluding carboxylic acids is 5. The number of rotatable bonds is 9. The number of para-hydroxylation sites is 2. The van der Waals surface area contributed by atoms with Gasteiger partial charge in [-0.2, -0.15) is 0 Å². The summed E-state index contributed by atoms with van der Waals surface area (Å²) in [6, 6.07) is 10.8. The Morgan fingerprint density at radius 3 is 2.22 bits per heavy atom. The molecule has 0 spiro atoms. The SMILES string of the molecule is COCCCN1C(=O)c2ccc(C(=O)Nc3ccccc3NC(=O)CNC(=O)OC(C)(C)C)cc2C1=O. The maximum atomic E-state index is 13.0. The zero-order chi connectivity index (χ0) is 27.2. The second-order valence-electron chi connectivity index (χ2n) is 9.27. The number of benzene rings is 2. The third-order valence-corrected chi connectivity index (χ3v) is 5.20. The molecule has 0 saturated heterocycles. The van der Waals surface area contributed by atoms with Crippen LogP contribution in [0.3, 0.4) is 0 Å². The first kappa shape index (κ1) is 27.3. The molecule has 196 valence electrons. The Hall–Kier alpha value is -4.25. The molecule has 1 heterocycles. The van der Waals surface area contributed by atoms with Gasteiger partial charge in [-0.1, -0.05) is 12.1 Å². The van der Waals surface area contributed by atoms with Crippen molar-refractivity contribution in [2.45, 2.75) is 32.8 Å². The summed E-state index contributed by atoms with van der Waals surface area (Å²) in [6.45, 7) is 5.42. The molecule has 37 heavy (non-hydrogen) atoms. The molecule has 11 nitrogen and oxygen atoms in total. The summed E-state index contributed by atoms with van der Waals surface area (Å²) < 4.78 is 10.1. The van der Waals surface area contributed by atoms with Gasteiger partial charge in [-0.15, -0.1) is 0 Å². The van der Waals surface area contributed by atoms with Crippen LogP contribution in [0.5, 0.6) is 0 Å². The topological polar surface area (TPSA) is 143 Å². The molecule has 0 bridgehead atoms. The highest BCUT2D eigenvalue weighted by Gasteiger charge is 2.35. The number of imide groups is 1. The fraction of sp³-hybridized carbons (Fsp3) is 0.346. The summed E-state index contributed by atoms with van der Waals surface area (Å²) in [6.07, 6.45) is -0.225. The van der Waals surface area contributed by atoms with E-state index >= 15 is 0 Å². The lowest BCUT2D eigenvalue weighted by molar-refractivity contribution is -0.115. The number of hydrogen-bond donors (Lipinski definition) is 3. The number of nitrogens with zero attached hydrogens (tertiary/aromatic N) is 1. The lowest BCUT2D eigenvalue weighted by atomic mass is 10.1. The maximum Gasteiger partial charge on any atom is 0.408 e. The monoisotopic (exact) mass is 510 g/mol. The number of ether oxygens (including phenoxy) is 2. The van der Waals surface area contributed by atoms with Gasteiger partial charge in [0.15, 0.2) is 0 Å². The van der Waals surface area contributed by atoms with Crippen molar-refractivity contribution in [3.63, 3.8) is 0 Å². The standard InChI is InChI=1S/C26H30N4O7/c1-26(2,3)37-25(35)27-15-21(31)28-19-8-5-6-9-20(19)29-22(32)16-10-11-17-18(14-16)24(34)30(23(17)33)12-7-13-36-4/h5-6,8-11,14H,7,12-13,15H2,1-4H3,(H,27,35)(H,28,31)(H,29,32). The fourth-order valence-electron chi connectivity index (χ4n) is 3.56. The summed E-state index contributed by atoms with van der Waals surface area (Å²) in [5, 5.41) is 7.70. The summed E-state index contributed by atoms with van der Waals surface area (Å²) in [7, 11) is 1.54. The minimum atomic E-state index is -0.730. The van der Waals surface area contributed by atoms with Crippen LogP contribution < -0.4 is 16.0 Å². The lowest BCUT2D eigenvalue weighted by Gasteiger charge is -2.19. The van der Waals surface area contributed by atoms with E-state index in [4.69, 9.17) is 9.47 Å². The van der Waals surface area contributed by atoms with E-state index in [1.807, 2.05) is 0 Å². The molecule has 5 amide bonds. The molecule has 0 unspecified atom stereocenters. The summed E-state index contributed by atoms with van der Waals surface area (Å²) in [5.74, 6) is -1.93. The molecular weight excluding hydrogens is 480 g/mol. The number of alkyl carbamates (subject to hydrolysis) is 1. The molecule has 3 rings (SSSR count). The molecule has 3 N–H and O–H groups in total. The van der Waals surface area contributed by atoms with Gasteiger partial charge in [-0.3, -0.25) is 24.1 Å². The average Bonchev–Trinajstić information content (AvgIpc) is 3.07. The first-order chi connectivity index (χ1) is 17.5. The highest BCUT2D eigenvalue weighted by molar-refractivity contribution is 6.22. The van der Waals surface area contributed by atoms with Crippen LogP contribution in [0, 0.1) is 0 Å². The van der Waals surface area contributed by atoms with E-state index in [0.29, 0.717) is 24.4 Å². The van der Waals surface area contributed by atoms with Gasteiger partial charge in [0.05, 0.1) is 22.5 Å². The predicted molar refractivity (Wildman–Crippen MR) is 136 cm³/mol. The van der Waals surface area contributed by atoms with Crippen LogP contribution in [0.4, 0.5) is 16.2 Å². The highest BCUT2D eigenvalue weighted by atomic mass is 16.6. The molecule has 2 aromatic rings. The quantitative estimate of drug-likeness (QED) is 0.348. The van der Waals surface area contributed by atoms with Gasteiger partial charge >= 0.3 is 6.09 Å². The Morgan fingerprint density at radius 2 is 1.57 bits per heavy atom. The first-order valence-electron chi connectivity index (χ1n) is 11.7. The smallest absolute Gasteiger partial charge is 0.408 e. The van der Waals surface area contributed by atoms with Gasteiger partial charge in [-0.25, -0.2) is 4.79 Å². The van der Waals surface area contributed by atoms with Gasteiger partial charge in [0, 0.05) is 25.8 Å². The molecule has 11 heteroatoms. The van der Waals surface area contributed by atoms with Crippen molar-refractivity contribution in [2.75, 3.05) is 37.4 Å². The van der Waals surface area contributed by atoms with E-state index in [-0.39, 0.29) is 29.8 Å². The second kappa shape index (κ2) is 11.7. The van der Waals surface area contributed by atoms with Crippen molar-refractivity contribution in [2.24, 2.45) is 0 Å². The van der Waals surface area contributed by atoms with E-state index in [9.17, 15) is 24.0 Å². The lowest BCUT2D eigenvalue weighted by Crippen LogP contribution is -2.37. The van der Waals surface area contributed by atoms with Crippen LogP contribution in [0.1, 0.15) is 58.3 Å². The molecule has 0 fully saturated rings. The Morgan fingerprint density at radius 1 is 0.919 bits per heavy atom. The van der Waals surface area contributed by atoms with E-state index in [1.165, 1.54) is 25.3 Å². The predicted octanol–water partition coefficient (Wildman–Crippen LogP) is 3.03. The van der Waals surface area contributed by atoms with Gasteiger partial charge in [0.1, 0.15) is 12.1 Å². The largest absolute Gasteiger partial charge is 0.444 e. The first-order valence-corrected chi connectivity index (χ1v) is 11.7. The number of methoxy groups -OCH3 is 1. The highest BCUT2D eigenvalue weighted by Crippen LogP contribution is 2.26. The molecule has 0 aliphatic carbocycles. The van der Waals surface area contributed by atoms with Gasteiger partial charge in [0.2, 0.25) is 5.91 Å². The molecule has 2 aromatic carbocycles. The van der Waals surface area contributed by atoms with E-state index < -0.39 is 35.3 Å². The van der Waals surface area contributed by atoms with E-state index in [2.05, 4.69) is 16.0 Å². The van der Waals surface area contributed by atoms with E-state index in [1.54, 1.807) is 45.0 Å². The van der Waals surface area contributed by atoms with Crippen LogP contribution in [0.15, 0.2) is 42.5 Å². The zero-order valence-corrected chi connectivity index (χ0v) is 21.2. The van der Waals surface area contributed by atoms with Crippen molar-refractivity contribution < 1.29 is 33.4 Å². The Balaban J connectivity index is 1.66. The van der Waals surface area contributed by atoms with Crippen LogP contribution in [0.25, 0.3) is 0 Å². The normalized spacial score (nSPS) is 12.7. The molecule has 0 saturated carbocycles. The van der Waals surface area contributed by atoms with Gasteiger partial charge in [0.25, 0.3) is 17.7 Å². The van der Waals surface area contributed by atoms with Crippen LogP contribution >= 0.6 is 0 Å². The second-order valence-corrected chi connectivity index (χ2v) is 9.27. The molecule has 0 atom stereocenters. The summed E-state index contributed by atoms with van der Waals surface area (Å²) in [5.41, 5.74) is 0.487. The van der Waals surface area contributed by atoms with Gasteiger partial charge < -0.3 is 25.4 Å². The number of hydrogen-bond acceptors (Lipinski definition) is 7. The van der Waals surface area contributed by atoms with Crippen LogP contribution in [-0.2, 0) is 14.3 Å². The van der Waals surface area contributed by atoms with E-state index in [0.717, 1.165) is 4.90 Å². The Kier molecular flexibility index (Phi) is 8.61. The number of fused-ring (bicyclic) bond motifs is 1. The average molecular weight is 511 g/mol. The number of amides is 5. The minimum Gasteiger partial charge on any atom is -0.444 e. The maximum absolute atomic E-state index is 13.0. The summed E-state index contributed by atoms with van der Waals surface area (Å²) in [4.78, 5) is 63.5. The third-order valence-electron chi connectivity index (χ3n) is 5.20. The molecule has 1 aliphatic heterocycles. The Bertz CT molecular complexity index is 1220. The number of anilines is 2.